The zero-order chi connectivity index (χ0) is 15.5. The second-order valence-corrected chi connectivity index (χ2v) is 6.00. The molecule has 0 spiro atoms. The van der Waals surface area contributed by atoms with Crippen molar-refractivity contribution in [2.24, 2.45) is 5.92 Å². The van der Waals surface area contributed by atoms with Gasteiger partial charge in [-0.25, -0.2) is 9.97 Å². The summed E-state index contributed by atoms with van der Waals surface area (Å²) in [7, 11) is 0. The van der Waals surface area contributed by atoms with Crippen LogP contribution in [-0.4, -0.2) is 60.2 Å². The SMILES string of the molecule is Nc1ncnc(N2CCC[C@H](C(=O)N3CCOCC3)C2)c1Cl. The number of ether oxygens (including phenoxy) is 1. The molecule has 2 aliphatic rings. The van der Waals surface area contributed by atoms with Crippen LogP contribution in [0.15, 0.2) is 6.33 Å². The van der Waals surface area contributed by atoms with Crippen LogP contribution in [0.2, 0.25) is 5.02 Å². The molecule has 0 radical (unpaired) electrons. The van der Waals surface area contributed by atoms with E-state index in [4.69, 9.17) is 22.1 Å². The van der Waals surface area contributed by atoms with E-state index in [1.54, 1.807) is 0 Å². The van der Waals surface area contributed by atoms with Gasteiger partial charge in [0.05, 0.1) is 19.1 Å². The second-order valence-electron chi connectivity index (χ2n) is 5.62. The molecule has 1 aromatic heterocycles. The number of aromatic nitrogens is 2. The lowest BCUT2D eigenvalue weighted by molar-refractivity contribution is -0.139. The fraction of sp³-hybridized carbons (Fsp3) is 0.643. The minimum atomic E-state index is -0.0286. The molecule has 0 aromatic carbocycles. The average molecular weight is 326 g/mol. The molecule has 2 aliphatic heterocycles. The molecule has 3 rings (SSSR count). The minimum Gasteiger partial charge on any atom is -0.382 e. The number of rotatable bonds is 2. The first-order chi connectivity index (χ1) is 10.7. The molecular formula is C14H20ClN5O2. The third-order valence-electron chi connectivity index (χ3n) is 4.19. The van der Waals surface area contributed by atoms with E-state index < -0.39 is 0 Å². The normalized spacial score (nSPS) is 22.7. The highest BCUT2D eigenvalue weighted by Gasteiger charge is 2.31. The summed E-state index contributed by atoms with van der Waals surface area (Å²) in [4.78, 5) is 24.7. The molecule has 8 heteroatoms. The monoisotopic (exact) mass is 325 g/mol. The van der Waals surface area contributed by atoms with Gasteiger partial charge in [0.15, 0.2) is 5.82 Å². The fourth-order valence-electron chi connectivity index (χ4n) is 3.01. The van der Waals surface area contributed by atoms with Crippen molar-refractivity contribution in [2.75, 3.05) is 50.0 Å². The number of hydrogen-bond donors (Lipinski definition) is 1. The molecule has 1 amide bonds. The van der Waals surface area contributed by atoms with Gasteiger partial charge in [0.2, 0.25) is 5.91 Å². The fourth-order valence-corrected chi connectivity index (χ4v) is 3.22. The van der Waals surface area contributed by atoms with Crippen LogP contribution in [0.3, 0.4) is 0 Å². The van der Waals surface area contributed by atoms with Crippen LogP contribution in [0.1, 0.15) is 12.8 Å². The number of carbonyl (C=O) groups is 1. The summed E-state index contributed by atoms with van der Waals surface area (Å²) in [6.45, 7) is 4.04. The Bertz CT molecular complexity index is 550. The summed E-state index contributed by atoms with van der Waals surface area (Å²) < 4.78 is 5.30. The Kier molecular flexibility index (Phi) is 4.63. The Morgan fingerprint density at radius 1 is 1.32 bits per heavy atom. The zero-order valence-electron chi connectivity index (χ0n) is 12.4. The molecule has 2 saturated heterocycles. The molecule has 1 aromatic rings. The van der Waals surface area contributed by atoms with Gasteiger partial charge in [0.1, 0.15) is 17.2 Å². The van der Waals surface area contributed by atoms with Crippen molar-refractivity contribution >= 4 is 29.1 Å². The molecule has 3 heterocycles. The Labute approximate surface area is 134 Å². The predicted octanol–water partition coefficient (Wildman–Crippen LogP) is 0.787. The van der Waals surface area contributed by atoms with E-state index in [0.717, 1.165) is 19.4 Å². The number of nitrogens with two attached hydrogens (primary N) is 1. The summed E-state index contributed by atoms with van der Waals surface area (Å²) in [6.07, 6.45) is 3.23. The maximum atomic E-state index is 12.6. The number of halogens is 1. The van der Waals surface area contributed by atoms with Gasteiger partial charge in [-0.1, -0.05) is 11.6 Å². The number of nitrogen functional groups attached to an aromatic ring is 1. The van der Waals surface area contributed by atoms with Crippen LogP contribution in [0, 0.1) is 5.92 Å². The topological polar surface area (TPSA) is 84.6 Å². The molecule has 0 aliphatic carbocycles. The van der Waals surface area contributed by atoms with Crippen molar-refractivity contribution in [3.8, 4) is 0 Å². The lowest BCUT2D eigenvalue weighted by Gasteiger charge is -2.36. The molecule has 120 valence electrons. The van der Waals surface area contributed by atoms with Crippen molar-refractivity contribution in [1.82, 2.24) is 14.9 Å². The largest absolute Gasteiger partial charge is 0.382 e. The average Bonchev–Trinajstić information content (AvgIpc) is 2.57. The molecule has 0 bridgehead atoms. The number of nitrogens with zero attached hydrogens (tertiary/aromatic N) is 4. The first-order valence-electron chi connectivity index (χ1n) is 7.54. The Morgan fingerprint density at radius 2 is 2.09 bits per heavy atom. The summed E-state index contributed by atoms with van der Waals surface area (Å²) in [5, 5.41) is 0.363. The number of morpholine rings is 1. The molecule has 2 N–H and O–H groups in total. The lowest BCUT2D eigenvalue weighted by atomic mass is 9.96. The maximum Gasteiger partial charge on any atom is 0.227 e. The lowest BCUT2D eigenvalue weighted by Crippen LogP contribution is -2.48. The number of hydrogen-bond acceptors (Lipinski definition) is 6. The highest BCUT2D eigenvalue weighted by Crippen LogP contribution is 2.30. The highest BCUT2D eigenvalue weighted by molar-refractivity contribution is 6.35. The molecule has 22 heavy (non-hydrogen) atoms. The van der Waals surface area contributed by atoms with Crippen LogP contribution in [0.5, 0.6) is 0 Å². The van der Waals surface area contributed by atoms with Crippen molar-refractivity contribution in [3.63, 3.8) is 0 Å². The van der Waals surface area contributed by atoms with E-state index in [1.807, 2.05) is 9.80 Å². The predicted molar refractivity (Wildman–Crippen MR) is 83.8 cm³/mol. The smallest absolute Gasteiger partial charge is 0.227 e. The van der Waals surface area contributed by atoms with Gasteiger partial charge < -0.3 is 20.3 Å². The number of carbonyl (C=O) groups excluding carboxylic acids is 1. The van der Waals surface area contributed by atoms with Crippen molar-refractivity contribution in [3.05, 3.63) is 11.3 Å². The van der Waals surface area contributed by atoms with Crippen molar-refractivity contribution < 1.29 is 9.53 Å². The summed E-state index contributed by atoms with van der Waals surface area (Å²) in [5.74, 6) is 1.06. The summed E-state index contributed by atoms with van der Waals surface area (Å²) >= 11 is 6.20. The first-order valence-corrected chi connectivity index (χ1v) is 7.92. The number of anilines is 2. The Hall–Kier alpha value is -1.60. The van der Waals surface area contributed by atoms with Crippen LogP contribution < -0.4 is 10.6 Å². The molecule has 0 unspecified atom stereocenters. The summed E-state index contributed by atoms with van der Waals surface area (Å²) in [5.41, 5.74) is 5.74. The zero-order valence-corrected chi connectivity index (χ0v) is 13.1. The first kappa shape index (κ1) is 15.3. The standard InChI is InChI=1S/C14H20ClN5O2/c15-11-12(16)17-9-18-13(11)20-3-1-2-10(8-20)14(21)19-4-6-22-7-5-19/h9-10H,1-8H2,(H2,16,17,18)/t10-/m0/s1. The minimum absolute atomic E-state index is 0.0286. The van der Waals surface area contributed by atoms with E-state index in [0.29, 0.717) is 43.7 Å². The molecule has 7 nitrogen and oxygen atoms in total. The quantitative estimate of drug-likeness (QED) is 0.865. The third-order valence-corrected chi connectivity index (χ3v) is 4.55. The Morgan fingerprint density at radius 3 is 2.86 bits per heavy atom. The van der Waals surface area contributed by atoms with Crippen LogP contribution in [0.4, 0.5) is 11.6 Å². The number of amides is 1. The highest BCUT2D eigenvalue weighted by atomic mass is 35.5. The van der Waals surface area contributed by atoms with Gasteiger partial charge in [0, 0.05) is 26.2 Å². The second kappa shape index (κ2) is 6.66. The molecule has 1 atom stereocenters. The van der Waals surface area contributed by atoms with Crippen LogP contribution >= 0.6 is 11.6 Å². The van der Waals surface area contributed by atoms with Gasteiger partial charge in [-0.15, -0.1) is 0 Å². The van der Waals surface area contributed by atoms with Crippen LogP contribution in [0.25, 0.3) is 0 Å². The van der Waals surface area contributed by atoms with E-state index >= 15 is 0 Å². The Balaban J connectivity index is 1.71. The van der Waals surface area contributed by atoms with E-state index in [2.05, 4.69) is 9.97 Å². The molecule has 2 fully saturated rings. The van der Waals surface area contributed by atoms with Crippen molar-refractivity contribution in [1.29, 1.82) is 0 Å². The van der Waals surface area contributed by atoms with Gasteiger partial charge in [-0.3, -0.25) is 4.79 Å². The van der Waals surface area contributed by atoms with Crippen LogP contribution in [-0.2, 0) is 9.53 Å². The van der Waals surface area contributed by atoms with Crippen molar-refractivity contribution in [2.45, 2.75) is 12.8 Å². The molecule has 0 saturated carbocycles. The van der Waals surface area contributed by atoms with Gasteiger partial charge in [-0.05, 0) is 12.8 Å². The van der Waals surface area contributed by atoms with Gasteiger partial charge >= 0.3 is 0 Å². The van der Waals surface area contributed by atoms with Gasteiger partial charge in [-0.2, -0.15) is 0 Å². The maximum absolute atomic E-state index is 12.6. The third kappa shape index (κ3) is 3.10. The number of piperidine rings is 1. The van der Waals surface area contributed by atoms with E-state index in [-0.39, 0.29) is 17.6 Å². The summed E-state index contributed by atoms with van der Waals surface area (Å²) in [6, 6.07) is 0. The molecular weight excluding hydrogens is 306 g/mol. The van der Waals surface area contributed by atoms with E-state index in [9.17, 15) is 4.79 Å². The van der Waals surface area contributed by atoms with Gasteiger partial charge in [0.25, 0.3) is 0 Å². The van der Waals surface area contributed by atoms with E-state index in [1.165, 1.54) is 6.33 Å².